The van der Waals surface area contributed by atoms with Crippen LogP contribution in [0, 0.1) is 0 Å². The molecule has 0 saturated carbocycles. The van der Waals surface area contributed by atoms with E-state index in [4.69, 9.17) is 11.6 Å². The number of benzene rings is 2. The summed E-state index contributed by atoms with van der Waals surface area (Å²) >= 11 is 6.30. The van der Waals surface area contributed by atoms with Gasteiger partial charge >= 0.3 is 0 Å². The summed E-state index contributed by atoms with van der Waals surface area (Å²) in [5.74, 6) is 0. The van der Waals surface area contributed by atoms with E-state index in [1.807, 2.05) is 36.4 Å². The summed E-state index contributed by atoms with van der Waals surface area (Å²) in [5, 5.41) is 0.533. The molecule has 2 heterocycles. The van der Waals surface area contributed by atoms with Crippen LogP contribution < -0.4 is 0 Å². The van der Waals surface area contributed by atoms with Crippen molar-refractivity contribution in [2.24, 2.45) is 0 Å². The first kappa shape index (κ1) is 11.5. The van der Waals surface area contributed by atoms with Gasteiger partial charge in [-0.05, 0) is 23.8 Å². The van der Waals surface area contributed by atoms with Crippen molar-refractivity contribution in [3.05, 3.63) is 72.0 Å². The minimum Gasteiger partial charge on any atom is -0.312 e. The number of hydrogen-bond acceptors (Lipinski definition) is 1. The number of hydrogen-bond donors (Lipinski definition) is 0. The highest BCUT2D eigenvalue weighted by Crippen LogP contribution is 2.28. The second kappa shape index (κ2) is 4.36. The topological polar surface area (TPSA) is 17.3 Å². The van der Waals surface area contributed by atoms with Crippen LogP contribution in [0.5, 0.6) is 0 Å². The molecule has 2 nitrogen and oxygen atoms in total. The molecule has 0 fully saturated rings. The fourth-order valence-electron chi connectivity index (χ4n) is 2.53. The minimum atomic E-state index is 0.533. The molecule has 0 radical (unpaired) electrons. The first-order valence-electron chi connectivity index (χ1n) is 6.45. The van der Waals surface area contributed by atoms with Crippen LogP contribution in [0.4, 0.5) is 0 Å². The predicted molar refractivity (Wildman–Crippen MR) is 83.1 cm³/mol. The van der Waals surface area contributed by atoms with Gasteiger partial charge in [0.25, 0.3) is 0 Å². The molecule has 0 bridgehead atoms. The standard InChI is InChI=1S/C17H11ClN2/c18-17-16-10-13(12-6-2-1-3-7-12)11-20(16)15-9-5-4-8-14(15)19-17/h1-11H. The van der Waals surface area contributed by atoms with Gasteiger partial charge in [0.05, 0.1) is 16.6 Å². The lowest BCUT2D eigenvalue weighted by Crippen LogP contribution is -1.90. The van der Waals surface area contributed by atoms with Crippen molar-refractivity contribution in [3.63, 3.8) is 0 Å². The first-order valence-corrected chi connectivity index (χ1v) is 6.82. The maximum atomic E-state index is 6.30. The highest BCUT2D eigenvalue weighted by Gasteiger charge is 2.09. The Hall–Kier alpha value is -2.32. The summed E-state index contributed by atoms with van der Waals surface area (Å²) < 4.78 is 2.10. The van der Waals surface area contributed by atoms with Crippen LogP contribution in [0.1, 0.15) is 0 Å². The minimum absolute atomic E-state index is 0.533. The number of para-hydroxylation sites is 2. The number of aromatic nitrogens is 2. The molecular weight excluding hydrogens is 268 g/mol. The molecule has 3 heteroatoms. The van der Waals surface area contributed by atoms with E-state index in [-0.39, 0.29) is 0 Å². The lowest BCUT2D eigenvalue weighted by Gasteiger charge is -2.03. The van der Waals surface area contributed by atoms with Gasteiger partial charge in [-0.25, -0.2) is 4.98 Å². The Kier molecular flexibility index (Phi) is 2.51. The van der Waals surface area contributed by atoms with E-state index in [1.54, 1.807) is 0 Å². The lowest BCUT2D eigenvalue weighted by atomic mass is 10.1. The Balaban J connectivity index is 2.08. The quantitative estimate of drug-likeness (QED) is 0.488. The third kappa shape index (κ3) is 1.69. The largest absolute Gasteiger partial charge is 0.312 e. The van der Waals surface area contributed by atoms with E-state index < -0.39 is 0 Å². The Morgan fingerprint density at radius 2 is 1.55 bits per heavy atom. The summed E-state index contributed by atoms with van der Waals surface area (Å²) in [6.07, 6.45) is 2.11. The second-order valence-corrected chi connectivity index (χ2v) is 5.10. The van der Waals surface area contributed by atoms with Crippen molar-refractivity contribution in [2.75, 3.05) is 0 Å². The van der Waals surface area contributed by atoms with Gasteiger partial charge in [-0.15, -0.1) is 0 Å². The molecule has 0 atom stereocenters. The van der Waals surface area contributed by atoms with Gasteiger partial charge in [0, 0.05) is 11.8 Å². The average Bonchev–Trinajstić information content (AvgIpc) is 2.94. The first-order chi connectivity index (χ1) is 9.83. The fraction of sp³-hybridized carbons (Fsp3) is 0. The molecule has 2 aromatic heterocycles. The zero-order chi connectivity index (χ0) is 13.5. The van der Waals surface area contributed by atoms with Gasteiger partial charge in [-0.2, -0.15) is 0 Å². The maximum Gasteiger partial charge on any atom is 0.153 e. The van der Waals surface area contributed by atoms with Crippen LogP contribution in [0.15, 0.2) is 66.9 Å². The smallest absolute Gasteiger partial charge is 0.153 e. The zero-order valence-corrected chi connectivity index (χ0v) is 11.4. The predicted octanol–water partition coefficient (Wildman–Crippen LogP) is 4.81. The van der Waals surface area contributed by atoms with E-state index in [1.165, 1.54) is 5.56 Å². The third-order valence-corrected chi connectivity index (χ3v) is 3.78. The van der Waals surface area contributed by atoms with Gasteiger partial charge in [-0.3, -0.25) is 0 Å². The van der Waals surface area contributed by atoms with E-state index in [9.17, 15) is 0 Å². The van der Waals surface area contributed by atoms with Crippen molar-refractivity contribution >= 4 is 28.2 Å². The highest BCUT2D eigenvalue weighted by atomic mass is 35.5. The van der Waals surface area contributed by atoms with Gasteiger partial charge in [-0.1, -0.05) is 54.1 Å². The van der Waals surface area contributed by atoms with Crippen molar-refractivity contribution in [1.82, 2.24) is 9.38 Å². The molecule has 0 aliphatic rings. The molecule has 96 valence electrons. The normalized spacial score (nSPS) is 11.2. The molecule has 4 rings (SSSR count). The zero-order valence-electron chi connectivity index (χ0n) is 10.6. The maximum absolute atomic E-state index is 6.30. The molecule has 0 spiro atoms. The van der Waals surface area contributed by atoms with Crippen molar-refractivity contribution in [3.8, 4) is 11.1 Å². The van der Waals surface area contributed by atoms with E-state index in [2.05, 4.69) is 39.8 Å². The van der Waals surface area contributed by atoms with Gasteiger partial charge in [0.2, 0.25) is 0 Å². The number of nitrogens with zero attached hydrogens (tertiary/aromatic N) is 2. The molecular formula is C17H11ClN2. The molecule has 0 aliphatic carbocycles. The summed E-state index contributed by atoms with van der Waals surface area (Å²) in [6, 6.07) is 20.4. The molecule has 0 saturated heterocycles. The van der Waals surface area contributed by atoms with Crippen LogP contribution in [0.25, 0.3) is 27.7 Å². The number of rotatable bonds is 1. The van der Waals surface area contributed by atoms with Crippen LogP contribution in [0.3, 0.4) is 0 Å². The van der Waals surface area contributed by atoms with Crippen molar-refractivity contribution in [1.29, 1.82) is 0 Å². The lowest BCUT2D eigenvalue weighted by molar-refractivity contribution is 1.23. The molecule has 0 aliphatic heterocycles. The summed E-state index contributed by atoms with van der Waals surface area (Å²) in [4.78, 5) is 4.46. The van der Waals surface area contributed by atoms with Crippen LogP contribution >= 0.6 is 11.6 Å². The molecule has 2 aromatic carbocycles. The van der Waals surface area contributed by atoms with E-state index in [0.717, 1.165) is 22.1 Å². The van der Waals surface area contributed by atoms with Crippen LogP contribution in [0.2, 0.25) is 5.15 Å². The summed E-state index contributed by atoms with van der Waals surface area (Å²) in [7, 11) is 0. The monoisotopic (exact) mass is 278 g/mol. The number of halogens is 1. The third-order valence-electron chi connectivity index (χ3n) is 3.50. The Bertz CT molecular complexity index is 910. The summed E-state index contributed by atoms with van der Waals surface area (Å²) in [6.45, 7) is 0. The molecule has 4 aromatic rings. The van der Waals surface area contributed by atoms with Gasteiger partial charge in [0.1, 0.15) is 0 Å². The fourth-order valence-corrected chi connectivity index (χ4v) is 2.77. The second-order valence-electron chi connectivity index (χ2n) is 4.74. The Morgan fingerprint density at radius 3 is 2.40 bits per heavy atom. The number of fused-ring (bicyclic) bond motifs is 3. The molecule has 0 unspecified atom stereocenters. The van der Waals surface area contributed by atoms with Crippen molar-refractivity contribution in [2.45, 2.75) is 0 Å². The molecule has 20 heavy (non-hydrogen) atoms. The van der Waals surface area contributed by atoms with E-state index in [0.29, 0.717) is 5.15 Å². The highest BCUT2D eigenvalue weighted by molar-refractivity contribution is 6.33. The van der Waals surface area contributed by atoms with Gasteiger partial charge < -0.3 is 4.40 Å². The van der Waals surface area contributed by atoms with Crippen LogP contribution in [-0.2, 0) is 0 Å². The van der Waals surface area contributed by atoms with Gasteiger partial charge in [0.15, 0.2) is 5.15 Å². The van der Waals surface area contributed by atoms with Crippen molar-refractivity contribution < 1.29 is 0 Å². The summed E-state index contributed by atoms with van der Waals surface area (Å²) in [5.41, 5.74) is 5.22. The SMILES string of the molecule is Clc1nc2ccccc2n2cc(-c3ccccc3)cc12. The van der Waals surface area contributed by atoms with E-state index >= 15 is 0 Å². The average molecular weight is 279 g/mol. The Morgan fingerprint density at radius 1 is 0.800 bits per heavy atom. The Labute approximate surface area is 121 Å². The molecule has 0 N–H and O–H groups in total. The molecule has 0 amide bonds. The van der Waals surface area contributed by atoms with Crippen LogP contribution in [-0.4, -0.2) is 9.38 Å².